The largest absolute Gasteiger partial charge is 0.433 e. The summed E-state index contributed by atoms with van der Waals surface area (Å²) in [5.74, 6) is -0.272. The van der Waals surface area contributed by atoms with Crippen LogP contribution in [-0.2, 0) is 20.7 Å². The number of ether oxygens (including phenoxy) is 2. The molecule has 0 spiro atoms. The second-order valence-corrected chi connectivity index (χ2v) is 3.33. The summed E-state index contributed by atoms with van der Waals surface area (Å²) in [5, 5.41) is 0. The quantitative estimate of drug-likeness (QED) is 0.666. The van der Waals surface area contributed by atoms with Gasteiger partial charge in [-0.1, -0.05) is 30.3 Å². The number of esters is 1. The lowest BCUT2D eigenvalue weighted by molar-refractivity contribution is -0.143. The molecule has 3 nitrogen and oxygen atoms in total. The predicted octanol–water partition coefficient (Wildman–Crippen LogP) is 1.52. The molecule has 0 saturated carbocycles. The van der Waals surface area contributed by atoms with Gasteiger partial charge < -0.3 is 9.47 Å². The third kappa shape index (κ3) is 1.93. The van der Waals surface area contributed by atoms with E-state index in [-0.39, 0.29) is 5.97 Å². The molecule has 0 aromatic heterocycles. The van der Waals surface area contributed by atoms with E-state index in [0.717, 1.165) is 5.56 Å². The highest BCUT2D eigenvalue weighted by molar-refractivity contribution is 5.75. The van der Waals surface area contributed by atoms with Gasteiger partial charge in [0.1, 0.15) is 0 Å². The van der Waals surface area contributed by atoms with E-state index in [4.69, 9.17) is 9.47 Å². The fourth-order valence-electron chi connectivity index (χ4n) is 1.43. The highest BCUT2D eigenvalue weighted by Gasteiger charge is 2.31. The molecule has 0 amide bonds. The summed E-state index contributed by atoms with van der Waals surface area (Å²) < 4.78 is 10.3. The molecule has 1 saturated heterocycles. The van der Waals surface area contributed by atoms with Gasteiger partial charge in [-0.15, -0.1) is 0 Å². The normalized spacial score (nSPS) is 26.2. The van der Waals surface area contributed by atoms with E-state index in [1.807, 2.05) is 30.3 Å². The second-order valence-electron chi connectivity index (χ2n) is 3.33. The van der Waals surface area contributed by atoms with E-state index in [9.17, 15) is 4.79 Å². The van der Waals surface area contributed by atoms with Gasteiger partial charge in [0.2, 0.25) is 6.29 Å². The standard InChI is InChI=1S/C11H12O3/c1-8-11(12)14-10(13-8)7-9-5-3-2-4-6-9/h2-6,8,10H,7H2,1H3. The zero-order valence-electron chi connectivity index (χ0n) is 7.97. The van der Waals surface area contributed by atoms with E-state index < -0.39 is 12.4 Å². The Morgan fingerprint density at radius 2 is 2.00 bits per heavy atom. The average molecular weight is 192 g/mol. The summed E-state index contributed by atoms with van der Waals surface area (Å²) >= 11 is 0. The van der Waals surface area contributed by atoms with Crippen LogP contribution in [0.4, 0.5) is 0 Å². The molecule has 74 valence electrons. The lowest BCUT2D eigenvalue weighted by atomic mass is 10.1. The van der Waals surface area contributed by atoms with E-state index in [1.165, 1.54) is 0 Å². The van der Waals surface area contributed by atoms with Gasteiger partial charge in [0.05, 0.1) is 0 Å². The van der Waals surface area contributed by atoms with Crippen molar-refractivity contribution in [1.82, 2.24) is 0 Å². The van der Waals surface area contributed by atoms with Crippen LogP contribution in [-0.4, -0.2) is 18.4 Å². The van der Waals surface area contributed by atoms with E-state index >= 15 is 0 Å². The first-order valence-electron chi connectivity index (χ1n) is 4.65. The van der Waals surface area contributed by atoms with Gasteiger partial charge in [-0.05, 0) is 12.5 Å². The second kappa shape index (κ2) is 3.80. The molecule has 1 heterocycles. The molecular formula is C11H12O3. The number of carbonyl (C=O) groups is 1. The van der Waals surface area contributed by atoms with Crippen molar-refractivity contribution in [1.29, 1.82) is 0 Å². The smallest absolute Gasteiger partial charge is 0.337 e. The molecule has 0 bridgehead atoms. The predicted molar refractivity (Wildman–Crippen MR) is 50.6 cm³/mol. The summed E-state index contributed by atoms with van der Waals surface area (Å²) in [6.07, 6.45) is -0.222. The molecule has 2 unspecified atom stereocenters. The lowest BCUT2D eigenvalue weighted by Gasteiger charge is -2.07. The van der Waals surface area contributed by atoms with Gasteiger partial charge in [-0.3, -0.25) is 0 Å². The highest BCUT2D eigenvalue weighted by Crippen LogP contribution is 2.16. The Bertz CT molecular complexity index is 321. The van der Waals surface area contributed by atoms with Crippen molar-refractivity contribution in [2.24, 2.45) is 0 Å². The summed E-state index contributed by atoms with van der Waals surface area (Å²) in [6, 6.07) is 9.83. The van der Waals surface area contributed by atoms with Gasteiger partial charge in [0.25, 0.3) is 0 Å². The van der Waals surface area contributed by atoms with Crippen LogP contribution in [0, 0.1) is 0 Å². The van der Waals surface area contributed by atoms with Gasteiger partial charge in [0, 0.05) is 6.42 Å². The highest BCUT2D eigenvalue weighted by atomic mass is 16.7. The Morgan fingerprint density at radius 3 is 2.57 bits per heavy atom. The maximum absolute atomic E-state index is 11.0. The lowest BCUT2D eigenvalue weighted by Crippen LogP contribution is -2.12. The minimum absolute atomic E-state index is 0.272. The zero-order chi connectivity index (χ0) is 9.97. The number of hydrogen-bond acceptors (Lipinski definition) is 3. The van der Waals surface area contributed by atoms with Crippen LogP contribution in [0.1, 0.15) is 12.5 Å². The molecule has 0 N–H and O–H groups in total. The number of benzene rings is 1. The van der Waals surface area contributed by atoms with Crippen molar-refractivity contribution in [3.8, 4) is 0 Å². The van der Waals surface area contributed by atoms with Gasteiger partial charge in [0.15, 0.2) is 6.10 Å². The van der Waals surface area contributed by atoms with Crippen molar-refractivity contribution < 1.29 is 14.3 Å². The fourth-order valence-corrected chi connectivity index (χ4v) is 1.43. The minimum atomic E-state index is -0.427. The number of cyclic esters (lactones) is 1. The van der Waals surface area contributed by atoms with E-state index in [0.29, 0.717) is 6.42 Å². The van der Waals surface area contributed by atoms with Crippen LogP contribution in [0.2, 0.25) is 0 Å². The summed E-state index contributed by atoms with van der Waals surface area (Å²) in [5.41, 5.74) is 1.11. The average Bonchev–Trinajstić information content (AvgIpc) is 2.47. The molecule has 14 heavy (non-hydrogen) atoms. The van der Waals surface area contributed by atoms with E-state index in [2.05, 4.69) is 0 Å². The molecule has 2 atom stereocenters. The van der Waals surface area contributed by atoms with Crippen molar-refractivity contribution >= 4 is 5.97 Å². The maximum Gasteiger partial charge on any atom is 0.337 e. The van der Waals surface area contributed by atoms with Crippen LogP contribution in [0.15, 0.2) is 30.3 Å². The SMILES string of the molecule is CC1OC(Cc2ccccc2)OC1=O. The van der Waals surface area contributed by atoms with Crippen LogP contribution in [0.3, 0.4) is 0 Å². The Balaban J connectivity index is 1.97. The van der Waals surface area contributed by atoms with Crippen molar-refractivity contribution in [2.75, 3.05) is 0 Å². The first-order valence-corrected chi connectivity index (χ1v) is 4.65. The van der Waals surface area contributed by atoms with Gasteiger partial charge in [-0.25, -0.2) is 4.79 Å². The van der Waals surface area contributed by atoms with Crippen LogP contribution in [0.5, 0.6) is 0 Å². The van der Waals surface area contributed by atoms with Crippen molar-refractivity contribution in [3.05, 3.63) is 35.9 Å². The Labute approximate surface area is 82.6 Å². The topological polar surface area (TPSA) is 35.5 Å². The van der Waals surface area contributed by atoms with Crippen LogP contribution >= 0.6 is 0 Å². The fraction of sp³-hybridized carbons (Fsp3) is 0.364. The van der Waals surface area contributed by atoms with Crippen LogP contribution < -0.4 is 0 Å². The summed E-state index contributed by atoms with van der Waals surface area (Å²) in [4.78, 5) is 11.0. The minimum Gasteiger partial charge on any atom is -0.433 e. The Morgan fingerprint density at radius 1 is 1.29 bits per heavy atom. The Kier molecular flexibility index (Phi) is 2.50. The number of rotatable bonds is 2. The molecule has 1 aliphatic rings. The van der Waals surface area contributed by atoms with Gasteiger partial charge >= 0.3 is 5.97 Å². The van der Waals surface area contributed by atoms with E-state index in [1.54, 1.807) is 6.92 Å². The van der Waals surface area contributed by atoms with Crippen molar-refractivity contribution in [3.63, 3.8) is 0 Å². The first kappa shape index (κ1) is 9.21. The number of hydrogen-bond donors (Lipinski definition) is 0. The third-order valence-electron chi connectivity index (χ3n) is 2.18. The molecule has 1 aromatic carbocycles. The molecular weight excluding hydrogens is 180 g/mol. The molecule has 3 heteroatoms. The molecule has 1 fully saturated rings. The first-order chi connectivity index (χ1) is 6.75. The molecule has 1 aliphatic heterocycles. The zero-order valence-corrected chi connectivity index (χ0v) is 7.97. The number of carbonyl (C=O) groups excluding carboxylic acids is 1. The van der Waals surface area contributed by atoms with Gasteiger partial charge in [-0.2, -0.15) is 0 Å². The van der Waals surface area contributed by atoms with Crippen LogP contribution in [0.25, 0.3) is 0 Å². The molecule has 1 aromatic rings. The molecule has 0 aliphatic carbocycles. The monoisotopic (exact) mass is 192 g/mol. The summed E-state index contributed by atoms with van der Waals surface area (Å²) in [6.45, 7) is 1.70. The molecule has 0 radical (unpaired) electrons. The molecule has 2 rings (SSSR count). The Hall–Kier alpha value is -1.35. The van der Waals surface area contributed by atoms with Crippen molar-refractivity contribution in [2.45, 2.75) is 25.7 Å². The third-order valence-corrected chi connectivity index (χ3v) is 2.18. The summed E-state index contributed by atoms with van der Waals surface area (Å²) in [7, 11) is 0. The maximum atomic E-state index is 11.0.